The minimum absolute atomic E-state index is 0.0103. The fourth-order valence-electron chi connectivity index (χ4n) is 6.43. The number of hydrogen-bond donors (Lipinski definition) is 2. The number of aromatic amines is 1. The molecule has 0 aliphatic carbocycles. The lowest BCUT2D eigenvalue weighted by Crippen LogP contribution is -2.29. The van der Waals surface area contributed by atoms with Crippen LogP contribution in [0.25, 0.3) is 22.3 Å². The molecule has 1 aliphatic rings. The van der Waals surface area contributed by atoms with E-state index in [1.54, 1.807) is 24.1 Å². The number of aryl methyl sites for hydroxylation is 3. The van der Waals surface area contributed by atoms with Crippen molar-refractivity contribution in [2.75, 3.05) is 11.5 Å². The van der Waals surface area contributed by atoms with Gasteiger partial charge in [-0.2, -0.15) is 10.2 Å². The van der Waals surface area contributed by atoms with Gasteiger partial charge < -0.3 is 14.8 Å². The highest BCUT2D eigenvalue weighted by Crippen LogP contribution is 2.39. The number of aromatic nitrogens is 6. The number of fused-ring (bicyclic) bond motifs is 9. The van der Waals surface area contributed by atoms with E-state index in [9.17, 15) is 14.1 Å². The summed E-state index contributed by atoms with van der Waals surface area (Å²) >= 11 is 0. The van der Waals surface area contributed by atoms with E-state index >= 15 is 8.78 Å². The second kappa shape index (κ2) is 13.0. The average molecular weight is 685 g/mol. The van der Waals surface area contributed by atoms with Gasteiger partial charge in [-0.15, -0.1) is 0 Å². The minimum Gasteiger partial charge on any atom is -0.481 e. The normalized spacial score (nSPS) is 18.2. The maximum Gasteiger partial charge on any atom is 0.303 e. The Morgan fingerprint density at radius 3 is 2.80 bits per heavy atom. The van der Waals surface area contributed by atoms with Crippen molar-refractivity contribution in [3.63, 3.8) is 0 Å². The van der Waals surface area contributed by atoms with E-state index in [0.717, 1.165) is 22.2 Å². The van der Waals surface area contributed by atoms with E-state index < -0.39 is 33.8 Å². The molecule has 6 aromatic rings. The van der Waals surface area contributed by atoms with Gasteiger partial charge in [-0.3, -0.25) is 13.7 Å². The molecule has 4 bridgehead atoms. The van der Waals surface area contributed by atoms with Crippen molar-refractivity contribution in [3.05, 3.63) is 113 Å². The van der Waals surface area contributed by atoms with Crippen molar-refractivity contribution in [3.8, 4) is 22.9 Å². The quantitative estimate of drug-likeness (QED) is 0.223. The molecule has 2 N–H and O–H groups in total. The smallest absolute Gasteiger partial charge is 0.303 e. The number of carboxylic acid groups (broad SMARTS) is 1. The number of halogens is 2. The van der Waals surface area contributed by atoms with E-state index in [0.29, 0.717) is 47.8 Å². The predicted molar refractivity (Wildman–Crippen MR) is 181 cm³/mol. The Balaban J connectivity index is 1.37. The first-order valence-corrected chi connectivity index (χ1v) is 17.4. The van der Waals surface area contributed by atoms with Crippen LogP contribution in [0.1, 0.15) is 48.0 Å². The molecule has 0 fully saturated rings. The molecule has 49 heavy (non-hydrogen) atoms. The number of benzene rings is 3. The van der Waals surface area contributed by atoms with Crippen molar-refractivity contribution in [1.29, 1.82) is 0 Å². The van der Waals surface area contributed by atoms with Crippen molar-refractivity contribution in [2.45, 2.75) is 44.6 Å². The molecule has 10 nitrogen and oxygen atoms in total. The molecule has 0 saturated heterocycles. The summed E-state index contributed by atoms with van der Waals surface area (Å²) in [4.78, 5) is 19.2. The molecule has 2 unspecified atom stereocenters. The van der Waals surface area contributed by atoms with Crippen LogP contribution in [-0.2, 0) is 47.4 Å². The molecule has 2 atom stereocenters. The predicted octanol–water partition coefficient (Wildman–Crippen LogP) is 6.30. The molecule has 3 aromatic carbocycles. The fraction of sp³-hybridized carbons (Fsp3) is 0.278. The van der Waals surface area contributed by atoms with E-state index in [1.807, 2.05) is 43.3 Å². The van der Waals surface area contributed by atoms with Gasteiger partial charge in [-0.25, -0.2) is 18.4 Å². The third-order valence-electron chi connectivity index (χ3n) is 9.24. The molecule has 0 spiro atoms. The minimum atomic E-state index is -1.27. The monoisotopic (exact) mass is 684 g/mol. The van der Waals surface area contributed by atoms with Crippen LogP contribution in [0.2, 0.25) is 0 Å². The largest absolute Gasteiger partial charge is 0.481 e. The summed E-state index contributed by atoms with van der Waals surface area (Å²) in [5.74, 6) is -0.540. The Morgan fingerprint density at radius 2 is 1.96 bits per heavy atom. The average Bonchev–Trinajstić information content (AvgIpc) is 3.84. The van der Waals surface area contributed by atoms with Gasteiger partial charge in [-0.1, -0.05) is 24.3 Å². The van der Waals surface area contributed by atoms with E-state index in [4.69, 9.17) is 14.8 Å². The van der Waals surface area contributed by atoms with Crippen LogP contribution in [0.5, 0.6) is 11.5 Å². The third kappa shape index (κ3) is 6.38. The number of hydrogen-bond acceptors (Lipinski definition) is 6. The lowest BCUT2D eigenvalue weighted by atomic mass is 9.78. The summed E-state index contributed by atoms with van der Waals surface area (Å²) in [7, 11) is 0.397. The molecule has 0 saturated carbocycles. The number of carboxylic acids is 1. The van der Waals surface area contributed by atoms with Gasteiger partial charge in [0.25, 0.3) is 0 Å². The summed E-state index contributed by atoms with van der Waals surface area (Å²) in [6, 6.07) is 16.9. The van der Waals surface area contributed by atoms with Gasteiger partial charge in [0.05, 0.1) is 17.5 Å². The summed E-state index contributed by atoms with van der Waals surface area (Å²) in [5.41, 5.74) is 2.91. The third-order valence-corrected chi connectivity index (χ3v) is 10.5. The Morgan fingerprint density at radius 1 is 1.10 bits per heavy atom. The molecule has 7 rings (SSSR count). The van der Waals surface area contributed by atoms with Gasteiger partial charge in [0.2, 0.25) is 0 Å². The topological polar surface area (TPSA) is 128 Å². The maximum atomic E-state index is 15.8. The standard InChI is InChI=1S/C36H34F2N6O4S/c1-36(23-5-3-4-22(18-23)6-9-32(45)46)12-16-49(47)17-15-44-24(10-14-40-44)19-27-26-11-13-39-31(26)21-30(38)33(27)48-25-7-8-29(37)28(20-25)34-41-35(36)42-43(34)2/h3-5,7-8,10-11,13-14,18,20-21,39H,6,9,12,15-17,19H2,1-2H3,(H,45,46). The van der Waals surface area contributed by atoms with Crippen molar-refractivity contribution < 1.29 is 27.6 Å². The number of aliphatic carboxylic acids is 1. The second-order valence-corrected chi connectivity index (χ2v) is 14.2. The molecule has 4 heterocycles. The Labute approximate surface area is 283 Å². The van der Waals surface area contributed by atoms with Gasteiger partial charge in [0, 0.05) is 82.8 Å². The van der Waals surface area contributed by atoms with Crippen molar-refractivity contribution in [2.24, 2.45) is 7.05 Å². The molecule has 13 heteroatoms. The number of H-pyrrole nitrogens is 1. The molecular formula is C36H34F2N6O4S. The number of ether oxygens (including phenoxy) is 1. The van der Waals surface area contributed by atoms with Crippen LogP contribution >= 0.6 is 0 Å². The first kappa shape index (κ1) is 32.4. The first-order chi connectivity index (χ1) is 23.6. The van der Waals surface area contributed by atoms with E-state index in [-0.39, 0.29) is 35.7 Å². The zero-order valence-corrected chi connectivity index (χ0v) is 27.8. The van der Waals surface area contributed by atoms with Gasteiger partial charge in [-0.05, 0) is 61.2 Å². The summed E-state index contributed by atoms with van der Waals surface area (Å²) in [6.07, 6.45) is 4.41. The van der Waals surface area contributed by atoms with E-state index in [1.165, 1.54) is 28.9 Å². The Hall–Kier alpha value is -5.17. The van der Waals surface area contributed by atoms with Crippen LogP contribution < -0.4 is 4.74 Å². The van der Waals surface area contributed by atoms with Crippen LogP contribution in [0, 0.1) is 11.6 Å². The van der Waals surface area contributed by atoms with Gasteiger partial charge in [0.1, 0.15) is 11.6 Å². The highest BCUT2D eigenvalue weighted by atomic mass is 32.2. The van der Waals surface area contributed by atoms with Crippen molar-refractivity contribution in [1.82, 2.24) is 29.5 Å². The lowest BCUT2D eigenvalue weighted by Gasteiger charge is -2.28. The summed E-state index contributed by atoms with van der Waals surface area (Å²) in [6.45, 7) is 2.34. The van der Waals surface area contributed by atoms with Crippen LogP contribution in [0.4, 0.5) is 8.78 Å². The Bertz CT molecular complexity index is 2230. The molecule has 3 aromatic heterocycles. The van der Waals surface area contributed by atoms with Gasteiger partial charge >= 0.3 is 5.97 Å². The second-order valence-electron chi connectivity index (χ2n) is 12.5. The van der Waals surface area contributed by atoms with Crippen molar-refractivity contribution >= 4 is 27.7 Å². The molecule has 0 amide bonds. The van der Waals surface area contributed by atoms with Crippen LogP contribution in [-0.4, -0.2) is 56.3 Å². The SMILES string of the molecule is Cn1nc2nc1-c1cc(ccc1F)Oc1c(F)cc3[nH]ccc3c1Cc1ccnn1CCS(=O)CCC2(C)c1cccc(CCC(=O)O)c1. The molecule has 0 radical (unpaired) electrons. The number of nitrogens with zero attached hydrogens (tertiary/aromatic N) is 5. The summed E-state index contributed by atoms with van der Waals surface area (Å²) in [5, 5.41) is 19.3. The Kier molecular flexibility index (Phi) is 8.61. The zero-order chi connectivity index (χ0) is 34.3. The van der Waals surface area contributed by atoms with Crippen LogP contribution in [0.3, 0.4) is 0 Å². The highest BCUT2D eigenvalue weighted by Gasteiger charge is 2.35. The number of carbonyl (C=O) groups is 1. The first-order valence-electron chi connectivity index (χ1n) is 15.9. The summed E-state index contributed by atoms with van der Waals surface area (Å²) < 4.78 is 54.4. The molecule has 252 valence electrons. The highest BCUT2D eigenvalue weighted by molar-refractivity contribution is 7.84. The van der Waals surface area contributed by atoms with E-state index in [2.05, 4.69) is 10.1 Å². The van der Waals surface area contributed by atoms with Crippen LogP contribution in [0.15, 0.2) is 73.1 Å². The van der Waals surface area contributed by atoms with Gasteiger partial charge in [0.15, 0.2) is 23.2 Å². The fourth-order valence-corrected chi connectivity index (χ4v) is 7.64. The molecular weight excluding hydrogens is 650 g/mol. The molecule has 1 aliphatic heterocycles. The lowest BCUT2D eigenvalue weighted by molar-refractivity contribution is -0.136. The maximum absolute atomic E-state index is 15.8. The number of nitrogens with one attached hydrogen (secondary N) is 1. The zero-order valence-electron chi connectivity index (χ0n) is 27.0. The number of rotatable bonds is 4.